The SMILES string of the molecule is CC(C)CC(=O)Nc1nc(C(=O)N2CCN(CCN3CCCCC3)CC2)cs1. The molecule has 3 rings (SSSR count). The first-order valence-corrected chi connectivity index (χ1v) is 11.4. The lowest BCUT2D eigenvalue weighted by atomic mass is 10.1. The van der Waals surface area contributed by atoms with Gasteiger partial charge in [-0.05, 0) is 31.8 Å². The Morgan fingerprint density at radius 3 is 2.32 bits per heavy atom. The number of nitrogens with one attached hydrogen (secondary N) is 1. The Morgan fingerprint density at radius 2 is 1.68 bits per heavy atom. The summed E-state index contributed by atoms with van der Waals surface area (Å²) in [5, 5.41) is 5.05. The number of likely N-dealkylation sites (tertiary alicyclic amines) is 1. The first-order chi connectivity index (χ1) is 13.5. The Labute approximate surface area is 172 Å². The molecular formula is C20H33N5O2S. The third-order valence-electron chi connectivity index (χ3n) is 5.40. The highest BCUT2D eigenvalue weighted by Gasteiger charge is 2.24. The number of piperidine rings is 1. The minimum absolute atomic E-state index is 0.0312. The first-order valence-electron chi connectivity index (χ1n) is 10.5. The molecule has 0 spiro atoms. The fraction of sp³-hybridized carbons (Fsp3) is 0.750. The highest BCUT2D eigenvalue weighted by atomic mass is 32.1. The number of anilines is 1. The van der Waals surface area contributed by atoms with Gasteiger partial charge in [-0.1, -0.05) is 20.3 Å². The number of carbonyl (C=O) groups excluding carboxylic acids is 2. The molecule has 1 N–H and O–H groups in total. The molecule has 2 fully saturated rings. The molecule has 3 heterocycles. The molecule has 156 valence electrons. The molecule has 7 nitrogen and oxygen atoms in total. The van der Waals surface area contributed by atoms with Gasteiger partial charge in [0.05, 0.1) is 0 Å². The standard InChI is InChI=1S/C20H33N5O2S/c1-16(2)14-18(26)22-20-21-17(15-28-20)19(27)25-12-10-24(11-13-25)9-8-23-6-4-3-5-7-23/h15-16H,3-14H2,1-2H3,(H,21,22,26). The molecule has 2 aliphatic rings. The predicted molar refractivity (Wildman–Crippen MR) is 113 cm³/mol. The van der Waals surface area contributed by atoms with Crippen LogP contribution in [0.1, 0.15) is 50.0 Å². The zero-order valence-electron chi connectivity index (χ0n) is 17.2. The zero-order chi connectivity index (χ0) is 19.9. The monoisotopic (exact) mass is 407 g/mol. The van der Waals surface area contributed by atoms with Crippen LogP contribution in [0.4, 0.5) is 5.13 Å². The number of hydrogen-bond donors (Lipinski definition) is 1. The van der Waals surface area contributed by atoms with Crippen LogP contribution >= 0.6 is 11.3 Å². The van der Waals surface area contributed by atoms with Gasteiger partial charge in [-0.2, -0.15) is 0 Å². The molecule has 2 aliphatic heterocycles. The third-order valence-corrected chi connectivity index (χ3v) is 6.16. The van der Waals surface area contributed by atoms with Gasteiger partial charge < -0.3 is 15.1 Å². The summed E-state index contributed by atoms with van der Waals surface area (Å²) in [6.45, 7) is 12.0. The normalized spacial score (nSPS) is 19.2. The molecule has 8 heteroatoms. The van der Waals surface area contributed by atoms with E-state index in [2.05, 4.69) is 20.1 Å². The maximum Gasteiger partial charge on any atom is 0.273 e. The number of carbonyl (C=O) groups is 2. The molecule has 0 aromatic carbocycles. The smallest absolute Gasteiger partial charge is 0.273 e. The molecule has 0 aliphatic carbocycles. The molecule has 0 radical (unpaired) electrons. The van der Waals surface area contributed by atoms with Crippen LogP contribution in [-0.2, 0) is 4.79 Å². The number of rotatable bonds is 7. The van der Waals surface area contributed by atoms with Crippen LogP contribution in [0.5, 0.6) is 0 Å². The summed E-state index contributed by atoms with van der Waals surface area (Å²) < 4.78 is 0. The number of nitrogens with zero attached hydrogens (tertiary/aromatic N) is 4. The molecule has 0 bridgehead atoms. The van der Waals surface area contributed by atoms with Crippen molar-refractivity contribution >= 4 is 28.3 Å². The van der Waals surface area contributed by atoms with E-state index in [1.807, 2.05) is 18.7 Å². The lowest BCUT2D eigenvalue weighted by molar-refractivity contribution is -0.116. The van der Waals surface area contributed by atoms with E-state index < -0.39 is 0 Å². The first kappa shape index (κ1) is 21.2. The van der Waals surface area contributed by atoms with Crippen molar-refractivity contribution in [1.29, 1.82) is 0 Å². The fourth-order valence-electron chi connectivity index (χ4n) is 3.77. The van der Waals surface area contributed by atoms with Gasteiger partial charge >= 0.3 is 0 Å². The van der Waals surface area contributed by atoms with Crippen LogP contribution in [0.15, 0.2) is 5.38 Å². The van der Waals surface area contributed by atoms with E-state index in [1.54, 1.807) is 5.38 Å². The summed E-state index contributed by atoms with van der Waals surface area (Å²) in [6, 6.07) is 0. The van der Waals surface area contributed by atoms with Gasteiger partial charge in [-0.25, -0.2) is 4.98 Å². The molecule has 2 saturated heterocycles. The van der Waals surface area contributed by atoms with Crippen molar-refractivity contribution in [2.24, 2.45) is 5.92 Å². The average Bonchev–Trinajstić information content (AvgIpc) is 3.14. The van der Waals surface area contributed by atoms with Crippen LogP contribution < -0.4 is 5.32 Å². The van der Waals surface area contributed by atoms with Crippen LogP contribution in [0.25, 0.3) is 0 Å². The summed E-state index contributed by atoms with van der Waals surface area (Å²) in [5.74, 6) is 0.217. The van der Waals surface area contributed by atoms with Gasteiger partial charge in [0, 0.05) is 51.1 Å². The number of piperazine rings is 1. The van der Waals surface area contributed by atoms with Gasteiger partial charge in [-0.15, -0.1) is 11.3 Å². The van der Waals surface area contributed by atoms with Gasteiger partial charge in [-0.3, -0.25) is 14.5 Å². The van der Waals surface area contributed by atoms with Crippen LogP contribution in [0.2, 0.25) is 0 Å². The summed E-state index contributed by atoms with van der Waals surface area (Å²) >= 11 is 1.32. The molecule has 2 amide bonds. The largest absolute Gasteiger partial charge is 0.335 e. The summed E-state index contributed by atoms with van der Waals surface area (Å²) in [7, 11) is 0. The van der Waals surface area contributed by atoms with Gasteiger partial charge in [0.2, 0.25) is 5.91 Å². The van der Waals surface area contributed by atoms with Crippen LogP contribution in [0, 0.1) is 5.92 Å². The second kappa shape index (κ2) is 10.3. The van der Waals surface area contributed by atoms with Crippen LogP contribution in [0.3, 0.4) is 0 Å². The van der Waals surface area contributed by atoms with Crippen molar-refractivity contribution in [2.45, 2.75) is 39.5 Å². The quantitative estimate of drug-likeness (QED) is 0.752. The zero-order valence-corrected chi connectivity index (χ0v) is 18.0. The Balaban J connectivity index is 1.41. The minimum Gasteiger partial charge on any atom is -0.335 e. The van der Waals surface area contributed by atoms with Crippen molar-refractivity contribution in [1.82, 2.24) is 19.7 Å². The number of aromatic nitrogens is 1. The molecular weight excluding hydrogens is 374 g/mol. The van der Waals surface area contributed by atoms with Gasteiger partial charge in [0.25, 0.3) is 5.91 Å². The summed E-state index contributed by atoms with van der Waals surface area (Å²) in [6.07, 6.45) is 4.49. The van der Waals surface area contributed by atoms with Gasteiger partial charge in [0.15, 0.2) is 5.13 Å². The van der Waals surface area contributed by atoms with E-state index >= 15 is 0 Å². The minimum atomic E-state index is -0.0503. The third kappa shape index (κ3) is 6.25. The Kier molecular flexibility index (Phi) is 7.82. The van der Waals surface area contributed by atoms with Crippen molar-refractivity contribution < 1.29 is 9.59 Å². The molecule has 1 aromatic rings. The fourth-order valence-corrected chi connectivity index (χ4v) is 4.47. The number of amides is 2. The second-order valence-electron chi connectivity index (χ2n) is 8.22. The number of hydrogen-bond acceptors (Lipinski definition) is 6. The van der Waals surface area contributed by atoms with E-state index in [9.17, 15) is 9.59 Å². The lowest BCUT2D eigenvalue weighted by Crippen LogP contribution is -2.50. The topological polar surface area (TPSA) is 68.8 Å². The van der Waals surface area contributed by atoms with E-state index in [1.165, 1.54) is 43.7 Å². The van der Waals surface area contributed by atoms with Crippen molar-refractivity contribution in [2.75, 3.05) is 57.7 Å². The summed E-state index contributed by atoms with van der Waals surface area (Å²) in [5.41, 5.74) is 0.437. The maximum atomic E-state index is 12.7. The molecule has 0 atom stereocenters. The van der Waals surface area contributed by atoms with Crippen molar-refractivity contribution in [3.05, 3.63) is 11.1 Å². The number of thiazole rings is 1. The predicted octanol–water partition coefficient (Wildman–Crippen LogP) is 2.37. The summed E-state index contributed by atoms with van der Waals surface area (Å²) in [4.78, 5) is 35.8. The van der Waals surface area contributed by atoms with E-state index in [0.717, 1.165) is 39.3 Å². The highest BCUT2D eigenvalue weighted by Crippen LogP contribution is 2.18. The van der Waals surface area contributed by atoms with Crippen molar-refractivity contribution in [3.63, 3.8) is 0 Å². The molecule has 28 heavy (non-hydrogen) atoms. The molecule has 0 unspecified atom stereocenters. The Morgan fingerprint density at radius 1 is 1.04 bits per heavy atom. The maximum absolute atomic E-state index is 12.7. The Bertz CT molecular complexity index is 649. The van der Waals surface area contributed by atoms with E-state index in [0.29, 0.717) is 23.2 Å². The highest BCUT2D eigenvalue weighted by molar-refractivity contribution is 7.14. The average molecular weight is 408 g/mol. The second-order valence-corrected chi connectivity index (χ2v) is 9.08. The van der Waals surface area contributed by atoms with Gasteiger partial charge in [0.1, 0.15) is 5.69 Å². The van der Waals surface area contributed by atoms with E-state index in [4.69, 9.17) is 0 Å². The molecule has 0 saturated carbocycles. The van der Waals surface area contributed by atoms with Crippen molar-refractivity contribution in [3.8, 4) is 0 Å². The lowest BCUT2D eigenvalue weighted by Gasteiger charge is -2.36. The van der Waals surface area contributed by atoms with E-state index in [-0.39, 0.29) is 11.8 Å². The van der Waals surface area contributed by atoms with Crippen LogP contribution in [-0.4, -0.2) is 83.9 Å². The molecule has 1 aromatic heterocycles. The Hall–Kier alpha value is -1.51.